The first-order valence-electron chi connectivity index (χ1n) is 17.7. The molecule has 0 unspecified atom stereocenters. The predicted molar refractivity (Wildman–Crippen MR) is 206 cm³/mol. The third-order valence-corrected chi connectivity index (χ3v) is 8.89. The van der Waals surface area contributed by atoms with Gasteiger partial charge in [0, 0.05) is 48.5 Å². The van der Waals surface area contributed by atoms with Crippen LogP contribution < -0.4 is 28.8 Å². The molecule has 6 heteroatoms. The maximum absolute atomic E-state index is 5.11. The van der Waals surface area contributed by atoms with Crippen molar-refractivity contribution in [2.24, 2.45) is 0 Å². The summed E-state index contributed by atoms with van der Waals surface area (Å²) in [6.45, 7) is 16.7. The summed E-state index contributed by atoms with van der Waals surface area (Å²) in [4.78, 5) is 6.31. The van der Waals surface area contributed by atoms with Crippen molar-refractivity contribution in [1.82, 2.24) is 4.57 Å². The van der Waals surface area contributed by atoms with Crippen LogP contribution >= 0.6 is 0 Å². The van der Waals surface area contributed by atoms with Gasteiger partial charge in [-0.25, -0.2) is 4.99 Å². The van der Waals surface area contributed by atoms with E-state index in [1.165, 1.54) is 63.0 Å². The van der Waals surface area contributed by atoms with Gasteiger partial charge in [-0.3, -0.25) is 0 Å². The van der Waals surface area contributed by atoms with Crippen LogP contribution in [-0.2, 0) is 17.8 Å². The van der Waals surface area contributed by atoms with Crippen molar-refractivity contribution in [3.63, 3.8) is 0 Å². The van der Waals surface area contributed by atoms with Gasteiger partial charge in [0.1, 0.15) is 0 Å². The Morgan fingerprint density at radius 3 is 1.92 bits per heavy atom. The molecular formula is C44H52LiN4O+. The Morgan fingerprint density at radius 1 is 0.740 bits per heavy atom. The summed E-state index contributed by atoms with van der Waals surface area (Å²) in [5.74, 6) is 0. The summed E-state index contributed by atoms with van der Waals surface area (Å²) in [5, 5.41) is 6.36. The van der Waals surface area contributed by atoms with Crippen LogP contribution in [0.2, 0.25) is 0 Å². The van der Waals surface area contributed by atoms with Crippen LogP contribution in [0.5, 0.6) is 0 Å². The first kappa shape index (κ1) is 37.2. The second-order valence-electron chi connectivity index (χ2n) is 15.2. The fraction of sp³-hybridized carbons (Fsp3) is 0.341. The number of benzene rings is 4. The van der Waals surface area contributed by atoms with E-state index in [2.05, 4.69) is 178 Å². The molecule has 2 aliphatic rings. The average molecular weight is 660 g/mol. The van der Waals surface area contributed by atoms with Crippen molar-refractivity contribution >= 4 is 28.4 Å². The fourth-order valence-electron chi connectivity index (χ4n) is 6.61. The Kier molecular flexibility index (Phi) is 12.2. The largest absolute Gasteiger partial charge is 1.00 e. The van der Waals surface area contributed by atoms with Gasteiger partial charge < -0.3 is 19.5 Å². The Balaban J connectivity index is 0.000000745. The molecular weight excluding hydrogens is 607 g/mol. The van der Waals surface area contributed by atoms with Crippen LogP contribution in [-0.4, -0.2) is 35.1 Å². The average Bonchev–Trinajstić information content (AvgIpc) is 3.83. The van der Waals surface area contributed by atoms with Crippen LogP contribution in [0, 0.1) is 0 Å². The third kappa shape index (κ3) is 9.01. The minimum Gasteiger partial charge on any atom is -0.686 e. The standard InChI is InChI=1S/C40H43N4.C4H8O.Li/c1-39(2,3)41-25-33-31-21-13-15-23-35(31)43(27-29-17-9-7-10-18-29)37(33)38-34(26-42-40(4,5)6)32-22-14-16-24-36(32)44(38)28-30-19-11-8-12-20-30;1-2-4-5-3-1;/h7-26,37H,27-28H2,1-6H3;1-4H2;/q-1;;+1/p+1/b33-25-,42-26?;;/t37-;;/m1../s1. The van der Waals surface area contributed by atoms with Gasteiger partial charge in [-0.2, -0.15) is 6.20 Å². The molecule has 0 aliphatic carbocycles. The number of hydrogen-bond donors (Lipinski definition) is 1. The quantitative estimate of drug-likeness (QED) is 0.171. The van der Waals surface area contributed by atoms with Crippen LogP contribution in [0.3, 0.4) is 0 Å². The second kappa shape index (κ2) is 16.3. The molecule has 0 radical (unpaired) electrons. The van der Waals surface area contributed by atoms with E-state index in [9.17, 15) is 0 Å². The minimum atomic E-state index is -0.196. The van der Waals surface area contributed by atoms with Crippen LogP contribution in [0.15, 0.2) is 115 Å². The Labute approximate surface area is 311 Å². The first-order chi connectivity index (χ1) is 23.6. The normalized spacial score (nSPS) is 16.7. The van der Waals surface area contributed by atoms with Crippen molar-refractivity contribution in [1.29, 1.82) is 0 Å². The van der Waals surface area contributed by atoms with E-state index in [1.807, 2.05) is 0 Å². The number of anilines is 1. The van der Waals surface area contributed by atoms with E-state index < -0.39 is 0 Å². The number of nitrogens with one attached hydrogen (secondary N) is 1. The van der Waals surface area contributed by atoms with Crippen LogP contribution in [0.25, 0.3) is 21.8 Å². The van der Waals surface area contributed by atoms with Crippen LogP contribution in [0.1, 0.15) is 88.4 Å². The molecule has 0 saturated carbocycles. The number of fused-ring (bicyclic) bond motifs is 2. The SMILES string of the molecule is C1CCOC1.CC(C)(C)[N-]/C=C1/c2ccccc2N(Cc2ccccc2)[C@H]1c1c(C=[NH+]C(C)(C)C)c2ccccc2n1Cc1ccccc1.[Li+]. The monoisotopic (exact) mass is 659 g/mol. The Hall–Kier alpha value is -4.01. The predicted octanol–water partition coefficient (Wildman–Crippen LogP) is 6.06. The zero-order valence-electron chi connectivity index (χ0n) is 31.1. The topological polar surface area (TPSA) is 45.5 Å². The van der Waals surface area contributed by atoms with Crippen molar-refractivity contribution in [3.8, 4) is 0 Å². The van der Waals surface area contributed by atoms with Gasteiger partial charge >= 0.3 is 18.9 Å². The maximum Gasteiger partial charge on any atom is 1.00 e. The summed E-state index contributed by atoms with van der Waals surface area (Å²) in [6.07, 6.45) is 6.96. The smallest absolute Gasteiger partial charge is 0.686 e. The molecule has 1 aromatic heterocycles. The summed E-state index contributed by atoms with van der Waals surface area (Å²) in [6, 6.07) is 39.3. The van der Waals surface area contributed by atoms with E-state index in [-0.39, 0.29) is 36.0 Å². The first-order valence-corrected chi connectivity index (χ1v) is 17.7. The molecule has 4 aromatic carbocycles. The second-order valence-corrected chi connectivity index (χ2v) is 15.2. The van der Waals surface area contributed by atoms with Crippen molar-refractivity contribution in [2.75, 3.05) is 18.1 Å². The molecule has 1 fully saturated rings. The molecule has 0 bridgehead atoms. The van der Waals surface area contributed by atoms with Gasteiger partial charge in [0.2, 0.25) is 0 Å². The van der Waals surface area contributed by atoms with E-state index in [0.717, 1.165) is 26.3 Å². The summed E-state index contributed by atoms with van der Waals surface area (Å²) < 4.78 is 7.49. The fourth-order valence-corrected chi connectivity index (χ4v) is 6.61. The Bertz CT molecular complexity index is 1890. The molecule has 5 aromatic rings. The number of ether oxygens (including phenoxy) is 1. The maximum atomic E-state index is 5.11. The molecule has 254 valence electrons. The van der Waals surface area contributed by atoms with Crippen molar-refractivity contribution in [3.05, 3.63) is 149 Å². The van der Waals surface area contributed by atoms with Crippen molar-refractivity contribution < 1.29 is 28.6 Å². The van der Waals surface area contributed by atoms with Gasteiger partial charge in [0.25, 0.3) is 0 Å². The molecule has 3 heterocycles. The molecule has 2 aliphatic heterocycles. The number of aromatic nitrogens is 1. The van der Waals surface area contributed by atoms with Gasteiger partial charge in [0.15, 0.2) is 11.8 Å². The summed E-state index contributed by atoms with van der Waals surface area (Å²) in [5.41, 5.74) is 9.73. The summed E-state index contributed by atoms with van der Waals surface area (Å²) >= 11 is 0. The van der Waals surface area contributed by atoms with Crippen molar-refractivity contribution in [2.45, 2.75) is 84.6 Å². The minimum absolute atomic E-state index is 0. The molecule has 0 amide bonds. The van der Waals surface area contributed by atoms with Crippen LogP contribution in [0.4, 0.5) is 5.69 Å². The van der Waals surface area contributed by atoms with Gasteiger partial charge in [-0.05, 0) is 62.4 Å². The van der Waals surface area contributed by atoms with E-state index in [4.69, 9.17) is 10.1 Å². The zero-order chi connectivity index (χ0) is 34.4. The van der Waals surface area contributed by atoms with E-state index in [1.54, 1.807) is 0 Å². The molecule has 5 nitrogen and oxygen atoms in total. The number of nitrogens with zero attached hydrogens (tertiary/aromatic N) is 3. The molecule has 1 atom stereocenters. The molecule has 1 saturated heterocycles. The Morgan fingerprint density at radius 2 is 1.32 bits per heavy atom. The number of hydrogen-bond acceptors (Lipinski definition) is 2. The summed E-state index contributed by atoms with van der Waals surface area (Å²) in [7, 11) is 0. The van der Waals surface area contributed by atoms with Gasteiger partial charge in [-0.1, -0.05) is 118 Å². The van der Waals surface area contributed by atoms with E-state index in [0.29, 0.717) is 0 Å². The molecule has 0 spiro atoms. The molecule has 7 rings (SSSR count). The van der Waals surface area contributed by atoms with Gasteiger partial charge in [-0.15, -0.1) is 5.54 Å². The van der Waals surface area contributed by atoms with E-state index >= 15 is 0 Å². The zero-order valence-corrected chi connectivity index (χ0v) is 31.1. The molecule has 1 N–H and O–H groups in total. The number of para-hydroxylation sites is 2. The van der Waals surface area contributed by atoms with Gasteiger partial charge in [0.05, 0.1) is 17.3 Å². The third-order valence-electron chi connectivity index (χ3n) is 8.89. The molecule has 50 heavy (non-hydrogen) atoms. The number of rotatable bonds is 7.